The second-order valence-electron chi connectivity index (χ2n) is 10.4. The molecule has 4 rings (SSSR count). The molecule has 0 saturated heterocycles. The summed E-state index contributed by atoms with van der Waals surface area (Å²) in [5.41, 5.74) is 2.82. The molecule has 0 spiro atoms. The number of amides is 2. The van der Waals surface area contributed by atoms with Crippen molar-refractivity contribution in [2.45, 2.75) is 57.7 Å². The van der Waals surface area contributed by atoms with Crippen LogP contribution in [0.2, 0.25) is 5.02 Å². The van der Waals surface area contributed by atoms with Crippen molar-refractivity contribution >= 4 is 39.1 Å². The quantitative estimate of drug-likeness (QED) is 0.341. The molecule has 0 aromatic heterocycles. The van der Waals surface area contributed by atoms with E-state index < -0.39 is 28.5 Å². The monoisotopic (exact) mass is 581 g/mol. The fourth-order valence-corrected chi connectivity index (χ4v) is 6.17. The van der Waals surface area contributed by atoms with Gasteiger partial charge in [0.1, 0.15) is 12.6 Å². The van der Waals surface area contributed by atoms with Gasteiger partial charge in [-0.1, -0.05) is 85.1 Å². The highest BCUT2D eigenvalue weighted by Crippen LogP contribution is 2.24. The van der Waals surface area contributed by atoms with Crippen LogP contribution in [-0.4, -0.2) is 50.0 Å². The van der Waals surface area contributed by atoms with Crippen LogP contribution >= 0.6 is 11.6 Å². The summed E-state index contributed by atoms with van der Waals surface area (Å²) in [6.07, 6.45) is 5.26. The van der Waals surface area contributed by atoms with E-state index in [0.29, 0.717) is 16.3 Å². The van der Waals surface area contributed by atoms with Crippen molar-refractivity contribution in [3.05, 3.63) is 101 Å². The minimum Gasteiger partial charge on any atom is -0.352 e. The van der Waals surface area contributed by atoms with Crippen LogP contribution in [0.1, 0.15) is 42.4 Å². The standard InChI is InChI=1S/C31H36ClN3O4S/c1-23-11-10-17-27(19-23)35(40(2,38)39)22-30(36)34(21-25-14-6-9-18-28(25)32)29(20-24-12-4-3-5-13-24)31(37)33-26-15-7-8-16-26/h3-6,9-14,17-19,26,29H,7-8,15-16,20-22H2,1-2H3,(H,33,37)/t29-/m1/s1. The number of hydrogen-bond acceptors (Lipinski definition) is 4. The maximum atomic E-state index is 14.1. The van der Waals surface area contributed by atoms with E-state index >= 15 is 0 Å². The highest BCUT2D eigenvalue weighted by Gasteiger charge is 2.34. The number of benzene rings is 3. The lowest BCUT2D eigenvalue weighted by Crippen LogP contribution is -2.54. The van der Waals surface area contributed by atoms with Crippen LogP contribution in [0.3, 0.4) is 0 Å². The maximum Gasteiger partial charge on any atom is 0.244 e. The molecule has 1 N–H and O–H groups in total. The Morgan fingerprint density at radius 1 is 0.975 bits per heavy atom. The van der Waals surface area contributed by atoms with Crippen LogP contribution in [0.25, 0.3) is 0 Å². The first-order valence-electron chi connectivity index (χ1n) is 13.5. The number of anilines is 1. The summed E-state index contributed by atoms with van der Waals surface area (Å²) in [6.45, 7) is 1.47. The number of hydrogen-bond donors (Lipinski definition) is 1. The first-order valence-corrected chi connectivity index (χ1v) is 15.8. The molecule has 0 heterocycles. The topological polar surface area (TPSA) is 86.8 Å². The fourth-order valence-electron chi connectivity index (χ4n) is 5.13. The molecule has 1 saturated carbocycles. The normalized spacial score (nSPS) is 14.5. The third kappa shape index (κ3) is 7.86. The van der Waals surface area contributed by atoms with Crippen molar-refractivity contribution in [2.75, 3.05) is 17.1 Å². The number of carbonyl (C=O) groups excluding carboxylic acids is 2. The lowest BCUT2D eigenvalue weighted by atomic mass is 10.0. The smallest absolute Gasteiger partial charge is 0.244 e. The van der Waals surface area contributed by atoms with Crippen molar-refractivity contribution in [3.63, 3.8) is 0 Å². The summed E-state index contributed by atoms with van der Waals surface area (Å²) in [5.74, 6) is -0.744. The molecule has 1 aliphatic carbocycles. The van der Waals surface area contributed by atoms with Gasteiger partial charge in [0.15, 0.2) is 0 Å². The number of aryl methyl sites for hydroxylation is 1. The summed E-state index contributed by atoms with van der Waals surface area (Å²) in [5, 5.41) is 3.63. The lowest BCUT2D eigenvalue weighted by Gasteiger charge is -2.34. The summed E-state index contributed by atoms with van der Waals surface area (Å²) in [7, 11) is -3.81. The van der Waals surface area contributed by atoms with Crippen LogP contribution in [0.15, 0.2) is 78.9 Å². The zero-order valence-corrected chi connectivity index (χ0v) is 24.5. The van der Waals surface area contributed by atoms with E-state index in [2.05, 4.69) is 5.32 Å². The van der Waals surface area contributed by atoms with Crippen LogP contribution < -0.4 is 9.62 Å². The third-order valence-corrected chi connectivity index (χ3v) is 8.75. The van der Waals surface area contributed by atoms with Gasteiger partial charge in [0.2, 0.25) is 21.8 Å². The highest BCUT2D eigenvalue weighted by molar-refractivity contribution is 7.92. The molecule has 40 heavy (non-hydrogen) atoms. The molecule has 0 bridgehead atoms. The summed E-state index contributed by atoms with van der Waals surface area (Å²) < 4.78 is 26.9. The Morgan fingerprint density at radius 3 is 2.30 bits per heavy atom. The molecule has 2 amide bonds. The Balaban J connectivity index is 1.73. The molecule has 0 unspecified atom stereocenters. The number of sulfonamides is 1. The van der Waals surface area contributed by atoms with Crippen molar-refractivity contribution < 1.29 is 18.0 Å². The van der Waals surface area contributed by atoms with E-state index in [1.807, 2.05) is 55.5 Å². The van der Waals surface area contributed by atoms with Gasteiger partial charge in [-0.2, -0.15) is 0 Å². The molecular weight excluding hydrogens is 546 g/mol. The second kappa shape index (κ2) is 13.3. The van der Waals surface area contributed by atoms with Crippen molar-refractivity contribution in [2.24, 2.45) is 0 Å². The van der Waals surface area contributed by atoms with Crippen molar-refractivity contribution in [1.82, 2.24) is 10.2 Å². The van der Waals surface area contributed by atoms with Crippen LogP contribution in [0.5, 0.6) is 0 Å². The summed E-state index contributed by atoms with van der Waals surface area (Å²) in [6, 6.07) is 22.9. The number of carbonyl (C=O) groups is 2. The van der Waals surface area contributed by atoms with Gasteiger partial charge in [0.05, 0.1) is 11.9 Å². The van der Waals surface area contributed by atoms with E-state index in [9.17, 15) is 18.0 Å². The van der Waals surface area contributed by atoms with Gasteiger partial charge in [-0.25, -0.2) is 8.42 Å². The molecule has 212 valence electrons. The Kier molecular flexibility index (Phi) is 9.87. The minimum atomic E-state index is -3.81. The van der Waals surface area contributed by atoms with E-state index in [1.54, 1.807) is 30.3 Å². The second-order valence-corrected chi connectivity index (χ2v) is 12.7. The minimum absolute atomic E-state index is 0.0551. The van der Waals surface area contributed by atoms with Gasteiger partial charge < -0.3 is 10.2 Å². The highest BCUT2D eigenvalue weighted by atomic mass is 35.5. The average molecular weight is 582 g/mol. The van der Waals surface area contributed by atoms with Crippen LogP contribution in [0, 0.1) is 6.92 Å². The Morgan fingerprint density at radius 2 is 1.65 bits per heavy atom. The van der Waals surface area contributed by atoms with Crippen molar-refractivity contribution in [1.29, 1.82) is 0 Å². The number of halogens is 1. The first-order chi connectivity index (χ1) is 19.1. The lowest BCUT2D eigenvalue weighted by molar-refractivity contribution is -0.140. The maximum absolute atomic E-state index is 14.1. The van der Waals surface area contributed by atoms with E-state index in [0.717, 1.165) is 47.4 Å². The van der Waals surface area contributed by atoms with Gasteiger partial charge in [-0.15, -0.1) is 0 Å². The molecular formula is C31H36ClN3O4S. The molecule has 3 aromatic rings. The molecule has 3 aromatic carbocycles. The third-order valence-electron chi connectivity index (χ3n) is 7.24. The Labute approximate surface area is 242 Å². The zero-order valence-electron chi connectivity index (χ0n) is 22.9. The van der Waals surface area contributed by atoms with Gasteiger partial charge in [-0.05, 0) is 54.7 Å². The molecule has 1 fully saturated rings. The number of rotatable bonds is 11. The van der Waals surface area contributed by atoms with E-state index in [4.69, 9.17) is 11.6 Å². The van der Waals surface area contributed by atoms with Crippen LogP contribution in [0.4, 0.5) is 5.69 Å². The molecule has 7 nitrogen and oxygen atoms in total. The average Bonchev–Trinajstić information content (AvgIpc) is 3.43. The number of nitrogens with zero attached hydrogens (tertiary/aromatic N) is 2. The predicted octanol–water partition coefficient (Wildman–Crippen LogP) is 5.11. The van der Waals surface area contributed by atoms with Gasteiger partial charge in [-0.3, -0.25) is 13.9 Å². The predicted molar refractivity (Wildman–Crippen MR) is 160 cm³/mol. The number of nitrogens with one attached hydrogen (secondary N) is 1. The Bertz CT molecular complexity index is 1430. The van der Waals surface area contributed by atoms with Crippen molar-refractivity contribution in [3.8, 4) is 0 Å². The summed E-state index contributed by atoms with van der Waals surface area (Å²) >= 11 is 6.50. The van der Waals surface area contributed by atoms with Gasteiger partial charge in [0.25, 0.3) is 0 Å². The molecule has 0 radical (unpaired) electrons. The molecule has 1 atom stereocenters. The summed E-state index contributed by atoms with van der Waals surface area (Å²) in [4.78, 5) is 29.5. The van der Waals surface area contributed by atoms with Gasteiger partial charge >= 0.3 is 0 Å². The molecule has 0 aliphatic heterocycles. The first kappa shape index (κ1) is 29.6. The van der Waals surface area contributed by atoms with E-state index in [1.165, 1.54) is 4.90 Å². The largest absolute Gasteiger partial charge is 0.352 e. The van der Waals surface area contributed by atoms with Gasteiger partial charge in [0, 0.05) is 24.0 Å². The zero-order chi connectivity index (χ0) is 28.7. The SMILES string of the molecule is Cc1cccc(N(CC(=O)N(Cc2ccccc2Cl)[C@H](Cc2ccccc2)C(=O)NC2CCCC2)S(C)(=O)=O)c1. The van der Waals surface area contributed by atoms with Crippen LogP contribution in [-0.2, 0) is 32.6 Å². The Hall–Kier alpha value is -3.36. The fraction of sp³-hybridized carbons (Fsp3) is 0.355. The molecule has 1 aliphatic rings. The van der Waals surface area contributed by atoms with E-state index in [-0.39, 0.29) is 24.9 Å². The molecule has 9 heteroatoms.